The molecule has 1 N–H and O–H groups in total. The number of carbonyl (C=O) groups excluding carboxylic acids is 3. The zero-order chi connectivity index (χ0) is 16.2. The van der Waals surface area contributed by atoms with Gasteiger partial charge in [0.2, 0.25) is 5.91 Å². The van der Waals surface area contributed by atoms with Gasteiger partial charge in [0.1, 0.15) is 0 Å². The average Bonchev–Trinajstić information content (AvgIpc) is 2.82. The van der Waals surface area contributed by atoms with Crippen LogP contribution in [0.5, 0.6) is 0 Å². The van der Waals surface area contributed by atoms with Crippen molar-refractivity contribution in [2.24, 2.45) is 4.99 Å². The highest BCUT2D eigenvalue weighted by atomic mass is 16.5. The standard InChI is InChI=1S/C14H21N3O5/c1-15-6-9-22-11-10-21-8-4-12(18)16-5-7-17-13(19)2-3-14(17)20/h2-3H,1,4-11H2,(H,16,18). The minimum absolute atomic E-state index is 0.169. The highest BCUT2D eigenvalue weighted by molar-refractivity contribution is 6.12. The van der Waals surface area contributed by atoms with Crippen LogP contribution in [0, 0.1) is 0 Å². The van der Waals surface area contributed by atoms with Gasteiger partial charge in [-0.2, -0.15) is 0 Å². The predicted octanol–water partition coefficient (Wildman–Crippen LogP) is -0.848. The number of carbonyl (C=O) groups is 3. The number of imide groups is 1. The first-order chi connectivity index (χ1) is 10.6. The molecule has 0 aromatic carbocycles. The third kappa shape index (κ3) is 7.09. The van der Waals surface area contributed by atoms with Crippen molar-refractivity contribution in [1.29, 1.82) is 0 Å². The van der Waals surface area contributed by atoms with Crippen LogP contribution in [0.3, 0.4) is 0 Å². The van der Waals surface area contributed by atoms with Gasteiger partial charge in [-0.1, -0.05) is 0 Å². The Bertz CT molecular complexity index is 418. The second-order valence-corrected chi connectivity index (χ2v) is 4.43. The van der Waals surface area contributed by atoms with Gasteiger partial charge in [-0.3, -0.25) is 24.3 Å². The van der Waals surface area contributed by atoms with Crippen molar-refractivity contribution in [3.8, 4) is 0 Å². The van der Waals surface area contributed by atoms with E-state index in [4.69, 9.17) is 9.47 Å². The quantitative estimate of drug-likeness (QED) is 0.288. The summed E-state index contributed by atoms with van der Waals surface area (Å²) in [6.45, 7) is 5.95. The van der Waals surface area contributed by atoms with Crippen molar-refractivity contribution in [1.82, 2.24) is 10.2 Å². The van der Waals surface area contributed by atoms with Crippen molar-refractivity contribution in [3.63, 3.8) is 0 Å². The lowest BCUT2D eigenvalue weighted by Gasteiger charge is -2.14. The van der Waals surface area contributed by atoms with Gasteiger partial charge in [-0.05, 0) is 6.72 Å². The zero-order valence-corrected chi connectivity index (χ0v) is 12.5. The Hall–Kier alpha value is -2.06. The van der Waals surface area contributed by atoms with Gasteiger partial charge in [0.05, 0.1) is 33.0 Å². The Balaban J connectivity index is 1.94. The lowest BCUT2D eigenvalue weighted by molar-refractivity contribution is -0.137. The minimum Gasteiger partial charge on any atom is -0.379 e. The molecule has 0 aliphatic carbocycles. The number of aliphatic imine (C=N–C) groups is 1. The number of rotatable bonds is 12. The van der Waals surface area contributed by atoms with Crippen LogP contribution < -0.4 is 5.32 Å². The maximum atomic E-state index is 11.5. The van der Waals surface area contributed by atoms with Gasteiger partial charge >= 0.3 is 0 Å². The molecule has 0 bridgehead atoms. The number of hydrogen-bond acceptors (Lipinski definition) is 6. The van der Waals surface area contributed by atoms with E-state index in [-0.39, 0.29) is 43.8 Å². The van der Waals surface area contributed by atoms with Crippen molar-refractivity contribution >= 4 is 24.4 Å². The van der Waals surface area contributed by atoms with E-state index < -0.39 is 0 Å². The molecule has 0 saturated carbocycles. The molecule has 0 aromatic heterocycles. The zero-order valence-electron chi connectivity index (χ0n) is 12.5. The molecule has 1 aliphatic rings. The molecular formula is C14H21N3O5. The van der Waals surface area contributed by atoms with Crippen molar-refractivity contribution in [3.05, 3.63) is 12.2 Å². The third-order valence-corrected chi connectivity index (χ3v) is 2.80. The molecule has 1 aliphatic heterocycles. The molecule has 3 amide bonds. The summed E-state index contributed by atoms with van der Waals surface area (Å²) in [5, 5.41) is 2.63. The van der Waals surface area contributed by atoms with Crippen molar-refractivity contribution < 1.29 is 23.9 Å². The van der Waals surface area contributed by atoms with Gasteiger partial charge in [-0.25, -0.2) is 0 Å². The van der Waals surface area contributed by atoms with E-state index in [1.54, 1.807) is 0 Å². The first-order valence-electron chi connectivity index (χ1n) is 7.03. The molecule has 0 fully saturated rings. The third-order valence-electron chi connectivity index (χ3n) is 2.80. The fourth-order valence-corrected chi connectivity index (χ4v) is 1.66. The van der Waals surface area contributed by atoms with Gasteiger partial charge in [0, 0.05) is 31.7 Å². The lowest BCUT2D eigenvalue weighted by Crippen LogP contribution is -2.38. The molecule has 1 heterocycles. The molecule has 22 heavy (non-hydrogen) atoms. The first kappa shape index (κ1) is 18.0. The van der Waals surface area contributed by atoms with Gasteiger partial charge in [-0.15, -0.1) is 0 Å². The fraction of sp³-hybridized carbons (Fsp3) is 0.571. The van der Waals surface area contributed by atoms with Crippen LogP contribution in [0.2, 0.25) is 0 Å². The summed E-state index contributed by atoms with van der Waals surface area (Å²) in [6.07, 6.45) is 2.64. The number of ether oxygens (including phenoxy) is 2. The SMILES string of the molecule is C=NCCOCCOCCC(=O)NCCN1C(=O)C=CC1=O. The van der Waals surface area contributed by atoms with Gasteiger partial charge < -0.3 is 14.8 Å². The predicted molar refractivity (Wildman–Crippen MR) is 79.5 cm³/mol. The summed E-state index contributed by atoms with van der Waals surface area (Å²) in [6, 6.07) is 0. The molecule has 8 nitrogen and oxygen atoms in total. The molecular weight excluding hydrogens is 290 g/mol. The first-order valence-corrected chi connectivity index (χ1v) is 7.03. The maximum absolute atomic E-state index is 11.5. The Morgan fingerprint density at radius 1 is 1.14 bits per heavy atom. The van der Waals surface area contributed by atoms with Crippen LogP contribution in [0.1, 0.15) is 6.42 Å². The molecule has 0 radical (unpaired) electrons. The Kier molecular flexibility index (Phi) is 8.70. The van der Waals surface area contributed by atoms with E-state index in [2.05, 4.69) is 17.0 Å². The largest absolute Gasteiger partial charge is 0.379 e. The Morgan fingerprint density at radius 2 is 1.77 bits per heavy atom. The molecule has 8 heteroatoms. The summed E-state index contributed by atoms with van der Waals surface area (Å²) < 4.78 is 10.4. The van der Waals surface area contributed by atoms with Crippen LogP contribution in [-0.2, 0) is 23.9 Å². The topological polar surface area (TPSA) is 97.3 Å². The van der Waals surface area contributed by atoms with E-state index in [9.17, 15) is 14.4 Å². The van der Waals surface area contributed by atoms with Crippen molar-refractivity contribution in [2.75, 3.05) is 46.1 Å². The van der Waals surface area contributed by atoms with Crippen LogP contribution in [0.15, 0.2) is 17.1 Å². The molecule has 0 spiro atoms. The Labute approximate surface area is 129 Å². The van der Waals surface area contributed by atoms with Gasteiger partial charge in [0.25, 0.3) is 11.8 Å². The second-order valence-electron chi connectivity index (χ2n) is 4.43. The number of hydrogen-bond donors (Lipinski definition) is 1. The van der Waals surface area contributed by atoms with Crippen molar-refractivity contribution in [2.45, 2.75) is 6.42 Å². The maximum Gasteiger partial charge on any atom is 0.253 e. The molecule has 0 aromatic rings. The summed E-state index contributed by atoms with van der Waals surface area (Å²) in [4.78, 5) is 38.8. The summed E-state index contributed by atoms with van der Waals surface area (Å²) in [5.74, 6) is -0.896. The van der Waals surface area contributed by atoms with Crippen LogP contribution in [0.4, 0.5) is 0 Å². The number of nitrogens with one attached hydrogen (secondary N) is 1. The number of nitrogens with zero attached hydrogens (tertiary/aromatic N) is 2. The normalized spacial score (nSPS) is 13.7. The second kappa shape index (κ2) is 10.6. The minimum atomic E-state index is -0.353. The van der Waals surface area contributed by atoms with E-state index >= 15 is 0 Å². The lowest BCUT2D eigenvalue weighted by atomic mass is 10.4. The molecule has 0 unspecified atom stereocenters. The smallest absolute Gasteiger partial charge is 0.253 e. The molecule has 122 valence electrons. The Morgan fingerprint density at radius 3 is 2.41 bits per heavy atom. The van der Waals surface area contributed by atoms with Crippen LogP contribution in [0.25, 0.3) is 0 Å². The van der Waals surface area contributed by atoms with E-state index in [1.165, 1.54) is 12.2 Å². The molecule has 0 atom stereocenters. The van der Waals surface area contributed by atoms with E-state index in [1.807, 2.05) is 0 Å². The van der Waals surface area contributed by atoms with Crippen LogP contribution in [-0.4, -0.2) is 75.4 Å². The summed E-state index contributed by atoms with van der Waals surface area (Å²) >= 11 is 0. The fourth-order valence-electron chi connectivity index (χ4n) is 1.66. The van der Waals surface area contributed by atoms with E-state index in [0.29, 0.717) is 26.4 Å². The monoisotopic (exact) mass is 311 g/mol. The molecule has 1 rings (SSSR count). The van der Waals surface area contributed by atoms with Gasteiger partial charge in [0.15, 0.2) is 0 Å². The number of amides is 3. The summed E-state index contributed by atoms with van der Waals surface area (Å²) in [5.41, 5.74) is 0. The van der Waals surface area contributed by atoms with Crippen LogP contribution >= 0.6 is 0 Å². The highest BCUT2D eigenvalue weighted by Gasteiger charge is 2.22. The average molecular weight is 311 g/mol. The molecule has 0 saturated heterocycles. The van der Waals surface area contributed by atoms with E-state index in [0.717, 1.165) is 4.90 Å². The summed E-state index contributed by atoms with van der Waals surface area (Å²) in [7, 11) is 0. The highest BCUT2D eigenvalue weighted by Crippen LogP contribution is 2.01.